The van der Waals surface area contributed by atoms with Crippen molar-refractivity contribution in [2.24, 2.45) is 0 Å². The van der Waals surface area contributed by atoms with Crippen LogP contribution in [0.15, 0.2) is 42.5 Å². The summed E-state index contributed by atoms with van der Waals surface area (Å²) in [5.41, 5.74) is 1.62. The third kappa shape index (κ3) is 4.02. The summed E-state index contributed by atoms with van der Waals surface area (Å²) in [6, 6.07) is 12.1. The van der Waals surface area contributed by atoms with Crippen LogP contribution in [0.25, 0.3) is 0 Å². The van der Waals surface area contributed by atoms with Crippen LogP contribution in [0.1, 0.15) is 11.1 Å². The molecule has 0 radical (unpaired) electrons. The molecule has 24 heavy (non-hydrogen) atoms. The van der Waals surface area contributed by atoms with E-state index in [1.165, 1.54) is 6.07 Å². The van der Waals surface area contributed by atoms with E-state index in [0.717, 1.165) is 5.56 Å². The lowest BCUT2D eigenvalue weighted by Gasteiger charge is -2.19. The van der Waals surface area contributed by atoms with Crippen LogP contribution < -0.4 is 9.47 Å². The van der Waals surface area contributed by atoms with Gasteiger partial charge in [-0.05, 0) is 29.8 Å². The molecule has 0 saturated carbocycles. The van der Waals surface area contributed by atoms with Gasteiger partial charge in [-0.1, -0.05) is 18.2 Å². The molecule has 5 nitrogen and oxygen atoms in total. The monoisotopic (exact) mass is 331 g/mol. The molecule has 1 aliphatic heterocycles. The Morgan fingerprint density at radius 2 is 2.04 bits per heavy atom. The number of rotatable bonds is 5. The molecule has 0 amide bonds. The Morgan fingerprint density at radius 3 is 2.79 bits per heavy atom. The third-order valence-electron chi connectivity index (χ3n) is 3.81. The lowest BCUT2D eigenvalue weighted by molar-refractivity contribution is -0.139. The van der Waals surface area contributed by atoms with Crippen molar-refractivity contribution in [3.05, 3.63) is 59.4 Å². The molecule has 3 rings (SSSR count). The average molecular weight is 331 g/mol. The van der Waals surface area contributed by atoms with Crippen molar-refractivity contribution in [2.75, 3.05) is 19.8 Å². The highest BCUT2D eigenvalue weighted by Crippen LogP contribution is 2.26. The maximum atomic E-state index is 14.0. The minimum Gasteiger partial charge on any atom is -0.492 e. The molecule has 1 heterocycles. The van der Waals surface area contributed by atoms with Crippen LogP contribution in [0.5, 0.6) is 11.5 Å². The zero-order valence-corrected chi connectivity index (χ0v) is 13.1. The van der Waals surface area contributed by atoms with Gasteiger partial charge in [-0.25, -0.2) is 9.18 Å². The number of halogens is 1. The highest BCUT2D eigenvalue weighted by molar-refractivity contribution is 5.68. The van der Waals surface area contributed by atoms with Gasteiger partial charge in [-0.15, -0.1) is 0 Å². The Kier molecular flexibility index (Phi) is 4.96. The van der Waals surface area contributed by atoms with Crippen LogP contribution in [0.3, 0.4) is 0 Å². The second-order valence-electron chi connectivity index (χ2n) is 5.60. The first kappa shape index (κ1) is 16.3. The maximum Gasteiger partial charge on any atom is 0.341 e. The molecule has 2 aromatic rings. The van der Waals surface area contributed by atoms with E-state index < -0.39 is 5.97 Å². The van der Waals surface area contributed by atoms with Crippen LogP contribution in [0.4, 0.5) is 4.39 Å². The summed E-state index contributed by atoms with van der Waals surface area (Å²) in [7, 11) is 0. The van der Waals surface area contributed by atoms with Crippen LogP contribution in [-0.2, 0) is 17.9 Å². The topological polar surface area (TPSA) is 59.0 Å². The number of benzene rings is 2. The predicted molar refractivity (Wildman–Crippen MR) is 85.6 cm³/mol. The number of nitrogens with zero attached hydrogens (tertiary/aromatic N) is 1. The van der Waals surface area contributed by atoms with Gasteiger partial charge in [0, 0.05) is 25.2 Å². The predicted octanol–water partition coefficient (Wildman–Crippen LogP) is 2.68. The third-order valence-corrected chi connectivity index (χ3v) is 3.81. The van der Waals surface area contributed by atoms with Gasteiger partial charge in [0.1, 0.15) is 23.9 Å². The number of hydrogen-bond acceptors (Lipinski definition) is 4. The van der Waals surface area contributed by atoms with E-state index in [1.54, 1.807) is 24.3 Å². The Morgan fingerprint density at radius 1 is 1.25 bits per heavy atom. The largest absolute Gasteiger partial charge is 0.492 e. The summed E-state index contributed by atoms with van der Waals surface area (Å²) in [6.07, 6.45) is 0. The summed E-state index contributed by atoms with van der Waals surface area (Å²) in [5.74, 6) is -0.146. The molecule has 0 saturated heterocycles. The van der Waals surface area contributed by atoms with Gasteiger partial charge in [-0.3, -0.25) is 4.90 Å². The molecule has 2 aromatic carbocycles. The van der Waals surface area contributed by atoms with Gasteiger partial charge in [0.15, 0.2) is 6.61 Å². The quantitative estimate of drug-likeness (QED) is 0.913. The smallest absolute Gasteiger partial charge is 0.341 e. The molecule has 6 heteroatoms. The Hall–Kier alpha value is -2.60. The first-order valence-corrected chi connectivity index (χ1v) is 7.68. The van der Waals surface area contributed by atoms with E-state index in [1.807, 2.05) is 12.1 Å². The minimum absolute atomic E-state index is 0.253. The van der Waals surface area contributed by atoms with E-state index in [9.17, 15) is 9.18 Å². The molecule has 126 valence electrons. The Balaban J connectivity index is 1.65. The lowest BCUT2D eigenvalue weighted by atomic mass is 10.1. The van der Waals surface area contributed by atoms with Crippen molar-refractivity contribution in [1.29, 1.82) is 0 Å². The van der Waals surface area contributed by atoms with Gasteiger partial charge < -0.3 is 14.6 Å². The highest BCUT2D eigenvalue weighted by atomic mass is 19.1. The highest BCUT2D eigenvalue weighted by Gasteiger charge is 2.18. The molecule has 0 bridgehead atoms. The van der Waals surface area contributed by atoms with Crippen LogP contribution in [-0.4, -0.2) is 35.7 Å². The molecule has 0 atom stereocenters. The number of aliphatic carboxylic acids is 1. The summed E-state index contributed by atoms with van der Waals surface area (Å²) in [4.78, 5) is 12.6. The fraction of sp³-hybridized carbons (Fsp3) is 0.278. The van der Waals surface area contributed by atoms with Crippen LogP contribution in [0.2, 0.25) is 0 Å². The second-order valence-corrected chi connectivity index (χ2v) is 5.60. The summed E-state index contributed by atoms with van der Waals surface area (Å²) in [6.45, 7) is 1.98. The molecule has 0 spiro atoms. The van der Waals surface area contributed by atoms with E-state index in [0.29, 0.717) is 43.3 Å². The molecule has 1 aliphatic rings. The van der Waals surface area contributed by atoms with E-state index >= 15 is 0 Å². The van der Waals surface area contributed by atoms with Gasteiger partial charge in [-0.2, -0.15) is 0 Å². The standard InChI is InChI=1S/C18H18FNO4/c19-16-2-1-3-17-15(16)11-20(8-9-23-17)10-13-4-6-14(7-5-13)24-12-18(21)22/h1-7H,8-12H2,(H,21,22). The summed E-state index contributed by atoms with van der Waals surface area (Å²) in [5, 5.41) is 8.60. The lowest BCUT2D eigenvalue weighted by Crippen LogP contribution is -2.25. The van der Waals surface area contributed by atoms with Crippen molar-refractivity contribution >= 4 is 5.97 Å². The first-order valence-electron chi connectivity index (χ1n) is 7.68. The SMILES string of the molecule is O=C(O)COc1ccc(CN2CCOc3cccc(F)c3C2)cc1. The maximum absolute atomic E-state index is 14.0. The number of fused-ring (bicyclic) bond motifs is 1. The zero-order valence-electron chi connectivity index (χ0n) is 13.1. The van der Waals surface area contributed by atoms with Gasteiger partial charge in [0.05, 0.1) is 0 Å². The molecule has 0 fully saturated rings. The molecule has 0 unspecified atom stereocenters. The van der Waals surface area contributed by atoms with E-state index in [2.05, 4.69) is 4.90 Å². The Bertz CT molecular complexity index is 717. The van der Waals surface area contributed by atoms with Gasteiger partial charge >= 0.3 is 5.97 Å². The number of hydrogen-bond donors (Lipinski definition) is 1. The Labute approximate surface area is 139 Å². The fourth-order valence-electron chi connectivity index (χ4n) is 2.64. The van der Waals surface area contributed by atoms with Crippen molar-refractivity contribution in [1.82, 2.24) is 4.90 Å². The molecular weight excluding hydrogens is 313 g/mol. The number of carbonyl (C=O) groups is 1. The van der Waals surface area contributed by atoms with Crippen molar-refractivity contribution < 1.29 is 23.8 Å². The first-order chi connectivity index (χ1) is 11.6. The minimum atomic E-state index is -1.01. The number of carboxylic acid groups (broad SMARTS) is 1. The van der Waals surface area contributed by atoms with Gasteiger partial charge in [0.2, 0.25) is 0 Å². The average Bonchev–Trinajstić information content (AvgIpc) is 2.77. The zero-order chi connectivity index (χ0) is 16.9. The van der Waals surface area contributed by atoms with Crippen LogP contribution >= 0.6 is 0 Å². The normalized spacial score (nSPS) is 14.4. The molecule has 0 aliphatic carbocycles. The number of ether oxygens (including phenoxy) is 2. The van der Waals surface area contributed by atoms with Crippen molar-refractivity contribution in [2.45, 2.75) is 13.1 Å². The molecule has 1 N–H and O–H groups in total. The second kappa shape index (κ2) is 7.31. The van der Waals surface area contributed by atoms with Crippen molar-refractivity contribution in [3.8, 4) is 11.5 Å². The molecule has 0 aromatic heterocycles. The molecular formula is C18H18FNO4. The van der Waals surface area contributed by atoms with E-state index in [4.69, 9.17) is 14.6 Å². The van der Waals surface area contributed by atoms with E-state index in [-0.39, 0.29) is 12.4 Å². The van der Waals surface area contributed by atoms with Gasteiger partial charge in [0.25, 0.3) is 0 Å². The summed E-state index contributed by atoms with van der Waals surface area (Å²) >= 11 is 0. The van der Waals surface area contributed by atoms with Crippen LogP contribution in [0, 0.1) is 5.82 Å². The fourth-order valence-corrected chi connectivity index (χ4v) is 2.64. The van der Waals surface area contributed by atoms with Crippen molar-refractivity contribution in [3.63, 3.8) is 0 Å². The summed E-state index contributed by atoms with van der Waals surface area (Å²) < 4.78 is 24.7. The number of carboxylic acids is 1.